The number of piperidine rings is 1. The van der Waals surface area contributed by atoms with Crippen LogP contribution in [0.2, 0.25) is 0 Å². The number of sulfonamides is 1. The Labute approximate surface area is 228 Å². The monoisotopic (exact) mass is 579 g/mol. The number of halogens is 3. The van der Waals surface area contributed by atoms with Gasteiger partial charge in [-0.25, -0.2) is 13.4 Å². The Morgan fingerprint density at radius 1 is 1.00 bits per heavy atom. The van der Waals surface area contributed by atoms with E-state index in [1.54, 1.807) is 5.38 Å². The van der Waals surface area contributed by atoms with Crippen LogP contribution in [0.3, 0.4) is 0 Å². The molecule has 3 heterocycles. The Morgan fingerprint density at radius 2 is 1.69 bits per heavy atom. The van der Waals surface area contributed by atoms with Crippen molar-refractivity contribution in [1.82, 2.24) is 9.88 Å². The maximum absolute atomic E-state index is 13.7. The van der Waals surface area contributed by atoms with E-state index >= 15 is 0 Å². The van der Waals surface area contributed by atoms with Crippen LogP contribution in [-0.2, 0) is 16.2 Å². The summed E-state index contributed by atoms with van der Waals surface area (Å²) in [5, 5.41) is 4.43. The van der Waals surface area contributed by atoms with Crippen LogP contribution in [-0.4, -0.2) is 56.4 Å². The molecule has 13 heteroatoms. The highest BCUT2D eigenvalue weighted by atomic mass is 32.2. The maximum Gasteiger partial charge on any atom is 0.416 e. The van der Waals surface area contributed by atoms with E-state index in [4.69, 9.17) is 0 Å². The third kappa shape index (κ3) is 6.53. The Morgan fingerprint density at radius 3 is 2.31 bits per heavy atom. The van der Waals surface area contributed by atoms with E-state index in [0.717, 1.165) is 49.4 Å². The fourth-order valence-corrected chi connectivity index (χ4v) is 6.84. The van der Waals surface area contributed by atoms with Crippen molar-refractivity contribution in [3.63, 3.8) is 0 Å². The number of hydrogen-bond donors (Lipinski definition) is 2. The third-order valence-corrected chi connectivity index (χ3v) is 9.24. The minimum absolute atomic E-state index is 0.0469. The summed E-state index contributed by atoms with van der Waals surface area (Å²) >= 11 is 1.13. The molecule has 2 aliphatic rings. The molecule has 208 valence electrons. The van der Waals surface area contributed by atoms with Crippen LogP contribution < -0.4 is 14.9 Å². The number of nitrogens with zero attached hydrogens (tertiary/aromatic N) is 3. The lowest BCUT2D eigenvalue weighted by Crippen LogP contribution is -2.44. The van der Waals surface area contributed by atoms with E-state index < -0.39 is 27.7 Å². The first-order valence-corrected chi connectivity index (χ1v) is 15.0. The summed E-state index contributed by atoms with van der Waals surface area (Å²) < 4.78 is 68.6. The van der Waals surface area contributed by atoms with E-state index in [9.17, 15) is 26.4 Å². The molecule has 39 heavy (non-hydrogen) atoms. The van der Waals surface area contributed by atoms with Gasteiger partial charge in [0.2, 0.25) is 0 Å². The second-order valence-corrected chi connectivity index (χ2v) is 12.2. The molecule has 2 N–H and O–H groups in total. The number of anilines is 3. The molecule has 5 rings (SSSR count). The zero-order chi connectivity index (χ0) is 27.6. The predicted molar refractivity (Wildman–Crippen MR) is 145 cm³/mol. The molecule has 0 atom stereocenters. The molecular weight excluding hydrogens is 551 g/mol. The molecule has 0 spiro atoms. The average Bonchev–Trinajstić information content (AvgIpc) is 3.63. The summed E-state index contributed by atoms with van der Waals surface area (Å²) in [4.78, 5) is 21.2. The maximum atomic E-state index is 13.7. The largest absolute Gasteiger partial charge is 0.416 e. The second kappa shape index (κ2) is 11.1. The lowest BCUT2D eigenvalue weighted by molar-refractivity contribution is -0.137. The van der Waals surface area contributed by atoms with Gasteiger partial charge in [-0.2, -0.15) is 13.2 Å². The first-order valence-electron chi connectivity index (χ1n) is 12.6. The lowest BCUT2D eigenvalue weighted by atomic mass is 10.0. The Hall–Kier alpha value is -3.16. The fraction of sp³-hybridized carbons (Fsp3) is 0.385. The number of amides is 1. The number of benzene rings is 2. The van der Waals surface area contributed by atoms with Gasteiger partial charge in [0.25, 0.3) is 15.9 Å². The molecule has 8 nitrogen and oxygen atoms in total. The van der Waals surface area contributed by atoms with E-state index in [-0.39, 0.29) is 21.3 Å². The highest BCUT2D eigenvalue weighted by molar-refractivity contribution is 7.93. The summed E-state index contributed by atoms with van der Waals surface area (Å²) in [7, 11) is -3.88. The van der Waals surface area contributed by atoms with Crippen LogP contribution in [0.1, 0.15) is 41.6 Å². The third-order valence-electron chi connectivity index (χ3n) is 7.07. The predicted octanol–water partition coefficient (Wildman–Crippen LogP) is 5.28. The highest BCUT2D eigenvalue weighted by Crippen LogP contribution is 2.34. The standard InChI is InChI=1S/C26H28F3N5O3S2/c27-26(28,29)19-15-18(16-22(17-19)34-12-7-21(8-13-34)33-10-1-2-11-33)24(35)31-20-3-5-23(6-4-20)39(36,37)32-25-30-9-14-38-25/h3-6,9,14-17,21H,1-2,7-8,10-13H2,(H,30,32)(H,31,35). The molecule has 1 aromatic heterocycles. The van der Waals surface area contributed by atoms with Crippen LogP contribution >= 0.6 is 11.3 Å². The van der Waals surface area contributed by atoms with Gasteiger partial charge in [-0.1, -0.05) is 0 Å². The number of nitrogens with one attached hydrogen (secondary N) is 2. The zero-order valence-corrected chi connectivity index (χ0v) is 22.6. The zero-order valence-electron chi connectivity index (χ0n) is 20.9. The molecule has 1 amide bonds. The van der Waals surface area contributed by atoms with Crippen molar-refractivity contribution in [2.24, 2.45) is 0 Å². The molecule has 2 aliphatic heterocycles. The molecule has 2 fully saturated rings. The van der Waals surface area contributed by atoms with Gasteiger partial charge in [-0.15, -0.1) is 11.3 Å². The van der Waals surface area contributed by atoms with Gasteiger partial charge in [0.05, 0.1) is 10.5 Å². The van der Waals surface area contributed by atoms with Crippen molar-refractivity contribution in [2.75, 3.05) is 41.1 Å². The Bertz CT molecular complexity index is 1400. The summed E-state index contributed by atoms with van der Waals surface area (Å²) in [6.07, 6.45) is 0.966. The molecule has 2 aromatic carbocycles. The summed E-state index contributed by atoms with van der Waals surface area (Å²) in [6.45, 7) is 3.39. The van der Waals surface area contributed by atoms with Gasteiger partial charge in [-0.05, 0) is 81.2 Å². The molecule has 0 radical (unpaired) electrons. The van der Waals surface area contributed by atoms with Gasteiger partial charge < -0.3 is 15.1 Å². The smallest absolute Gasteiger partial charge is 0.371 e. The van der Waals surface area contributed by atoms with Gasteiger partial charge in [0, 0.05) is 47.6 Å². The van der Waals surface area contributed by atoms with E-state index in [2.05, 4.69) is 19.9 Å². The number of carbonyl (C=O) groups is 1. The Balaban J connectivity index is 1.30. The van der Waals surface area contributed by atoms with Crippen LogP contribution in [0.5, 0.6) is 0 Å². The molecule has 2 saturated heterocycles. The fourth-order valence-electron chi connectivity index (χ4n) is 5.05. The molecule has 0 bridgehead atoms. The van der Waals surface area contributed by atoms with Crippen LogP contribution in [0, 0.1) is 0 Å². The van der Waals surface area contributed by atoms with E-state index in [0.29, 0.717) is 24.8 Å². The van der Waals surface area contributed by atoms with Crippen molar-refractivity contribution < 1.29 is 26.4 Å². The average molecular weight is 580 g/mol. The summed E-state index contributed by atoms with van der Waals surface area (Å²) in [5.41, 5.74) is -0.395. The molecule has 0 unspecified atom stereocenters. The van der Waals surface area contributed by atoms with Crippen LogP contribution in [0.4, 0.5) is 29.7 Å². The number of rotatable bonds is 7. The summed E-state index contributed by atoms with van der Waals surface area (Å²) in [6, 6.07) is 9.23. The van der Waals surface area contributed by atoms with Crippen LogP contribution in [0.15, 0.2) is 58.9 Å². The number of likely N-dealkylation sites (tertiary alicyclic amines) is 1. The van der Waals surface area contributed by atoms with Gasteiger partial charge in [0.15, 0.2) is 5.13 Å². The number of thiazole rings is 1. The SMILES string of the molecule is O=C(Nc1ccc(S(=O)(=O)Nc2nccs2)cc1)c1cc(N2CCC(N3CCCC3)CC2)cc(C(F)(F)F)c1. The van der Waals surface area contributed by atoms with E-state index in [1.165, 1.54) is 49.4 Å². The van der Waals surface area contributed by atoms with Crippen LogP contribution in [0.25, 0.3) is 0 Å². The number of aromatic nitrogens is 1. The number of carbonyl (C=O) groups excluding carboxylic acids is 1. The molecular formula is C26H28F3N5O3S2. The van der Waals surface area contributed by atoms with E-state index in [1.807, 2.05) is 4.90 Å². The second-order valence-electron chi connectivity index (χ2n) is 9.65. The topological polar surface area (TPSA) is 94.6 Å². The normalized spacial score (nSPS) is 17.4. The molecule has 0 saturated carbocycles. The number of hydrogen-bond acceptors (Lipinski definition) is 7. The van der Waals surface area contributed by atoms with Crippen molar-refractivity contribution in [3.8, 4) is 0 Å². The molecule has 0 aliphatic carbocycles. The minimum Gasteiger partial charge on any atom is -0.371 e. The minimum atomic E-state index is -4.61. The van der Waals surface area contributed by atoms with Crippen molar-refractivity contribution in [3.05, 3.63) is 65.2 Å². The number of alkyl halides is 3. The van der Waals surface area contributed by atoms with Gasteiger partial charge >= 0.3 is 6.18 Å². The highest BCUT2D eigenvalue weighted by Gasteiger charge is 2.33. The van der Waals surface area contributed by atoms with Gasteiger partial charge in [-0.3, -0.25) is 9.52 Å². The quantitative estimate of drug-likeness (QED) is 0.396. The lowest BCUT2D eigenvalue weighted by Gasteiger charge is -2.38. The first-order chi connectivity index (χ1) is 18.6. The van der Waals surface area contributed by atoms with Gasteiger partial charge in [0.1, 0.15) is 0 Å². The molecule has 3 aromatic rings. The van der Waals surface area contributed by atoms with Crippen molar-refractivity contribution in [1.29, 1.82) is 0 Å². The van der Waals surface area contributed by atoms with Crippen molar-refractivity contribution in [2.45, 2.75) is 42.8 Å². The van der Waals surface area contributed by atoms with Crippen molar-refractivity contribution >= 4 is 43.8 Å². The Kier molecular flexibility index (Phi) is 7.83. The summed E-state index contributed by atoms with van der Waals surface area (Å²) in [5.74, 6) is -0.717. The first kappa shape index (κ1) is 27.4.